The highest BCUT2D eigenvalue weighted by Crippen LogP contribution is 2.34. The van der Waals surface area contributed by atoms with Gasteiger partial charge in [-0.3, -0.25) is 14.9 Å². The van der Waals surface area contributed by atoms with Crippen molar-refractivity contribution in [2.45, 2.75) is 13.8 Å². The van der Waals surface area contributed by atoms with E-state index in [1.807, 2.05) is 22.6 Å². The Hall–Kier alpha value is -2.40. The van der Waals surface area contributed by atoms with E-state index in [1.165, 1.54) is 12.1 Å². The van der Waals surface area contributed by atoms with Crippen LogP contribution >= 0.6 is 38.5 Å². The Balaban J connectivity index is 2.06. The van der Waals surface area contributed by atoms with Gasteiger partial charge in [0.25, 0.3) is 11.8 Å². The summed E-state index contributed by atoms with van der Waals surface area (Å²) in [6.45, 7) is 3.88. The molecule has 1 fully saturated rings. The number of aryl methyl sites for hydroxylation is 1. The maximum absolute atomic E-state index is 13.0. The van der Waals surface area contributed by atoms with Crippen molar-refractivity contribution in [1.82, 2.24) is 5.32 Å². The maximum Gasteiger partial charge on any atom is 0.335 e. The van der Waals surface area contributed by atoms with Crippen molar-refractivity contribution in [2.75, 3.05) is 11.5 Å². The molecule has 2 N–H and O–H groups in total. The number of anilines is 1. The van der Waals surface area contributed by atoms with E-state index in [0.29, 0.717) is 27.0 Å². The minimum Gasteiger partial charge on any atom is -0.504 e. The predicted octanol–water partition coefficient (Wildman–Crippen LogP) is 4.13. The molecule has 1 aliphatic rings. The number of amides is 4. The van der Waals surface area contributed by atoms with Gasteiger partial charge < -0.3 is 9.84 Å². The fraction of sp³-hybridized carbons (Fsp3) is 0.150. The van der Waals surface area contributed by atoms with Crippen LogP contribution in [-0.2, 0) is 9.59 Å². The van der Waals surface area contributed by atoms with Crippen molar-refractivity contribution in [2.24, 2.45) is 0 Å². The summed E-state index contributed by atoms with van der Waals surface area (Å²) < 4.78 is 6.70. The second-order valence-electron chi connectivity index (χ2n) is 6.17. The van der Waals surface area contributed by atoms with Gasteiger partial charge in [-0.1, -0.05) is 15.9 Å². The van der Waals surface area contributed by atoms with Crippen LogP contribution in [0.4, 0.5) is 10.5 Å². The number of benzene rings is 2. The number of aromatic hydroxyl groups is 1. The molecule has 0 spiro atoms. The number of carbonyl (C=O) groups is 3. The van der Waals surface area contributed by atoms with Gasteiger partial charge >= 0.3 is 6.03 Å². The average Bonchev–Trinajstić information content (AvgIpc) is 2.64. The summed E-state index contributed by atoms with van der Waals surface area (Å²) in [6.07, 6.45) is 1.37. The Morgan fingerprint density at radius 1 is 1.24 bits per heavy atom. The number of phenolic OH excluding ortho intramolecular Hbond substituents is 1. The second kappa shape index (κ2) is 8.54. The molecule has 1 saturated heterocycles. The van der Waals surface area contributed by atoms with E-state index in [4.69, 9.17) is 4.74 Å². The quantitative estimate of drug-likeness (QED) is 0.327. The summed E-state index contributed by atoms with van der Waals surface area (Å²) in [5.41, 5.74) is 1.35. The fourth-order valence-corrected chi connectivity index (χ4v) is 3.96. The molecular weight excluding hydrogens is 555 g/mol. The Morgan fingerprint density at radius 3 is 2.62 bits per heavy atom. The number of nitrogens with zero attached hydrogens (tertiary/aromatic N) is 1. The van der Waals surface area contributed by atoms with Crippen molar-refractivity contribution < 1.29 is 24.2 Å². The lowest BCUT2D eigenvalue weighted by Crippen LogP contribution is -2.54. The Bertz CT molecular complexity index is 1070. The average molecular weight is 571 g/mol. The van der Waals surface area contributed by atoms with Crippen LogP contribution in [0.1, 0.15) is 18.1 Å². The summed E-state index contributed by atoms with van der Waals surface area (Å²) in [5.74, 6) is -1.29. The first-order valence-electron chi connectivity index (χ1n) is 8.55. The van der Waals surface area contributed by atoms with Crippen molar-refractivity contribution in [1.29, 1.82) is 0 Å². The number of halogens is 2. The molecular formula is C20H16BrIN2O5. The first-order valence-corrected chi connectivity index (χ1v) is 10.4. The summed E-state index contributed by atoms with van der Waals surface area (Å²) in [4.78, 5) is 38.7. The van der Waals surface area contributed by atoms with E-state index in [0.717, 1.165) is 9.37 Å². The highest BCUT2D eigenvalue weighted by Gasteiger charge is 2.37. The molecule has 1 aliphatic heterocycles. The van der Waals surface area contributed by atoms with Crippen LogP contribution in [0.3, 0.4) is 0 Å². The van der Waals surface area contributed by atoms with Crippen LogP contribution in [0.25, 0.3) is 6.08 Å². The van der Waals surface area contributed by atoms with Gasteiger partial charge in [0.05, 0.1) is 15.9 Å². The van der Waals surface area contributed by atoms with E-state index < -0.39 is 17.8 Å². The molecule has 3 rings (SSSR count). The molecule has 2 aromatic carbocycles. The van der Waals surface area contributed by atoms with E-state index >= 15 is 0 Å². The zero-order valence-electron chi connectivity index (χ0n) is 15.5. The van der Waals surface area contributed by atoms with Crippen LogP contribution in [-0.4, -0.2) is 29.6 Å². The topological polar surface area (TPSA) is 95.9 Å². The van der Waals surface area contributed by atoms with Crippen LogP contribution in [0.5, 0.6) is 11.5 Å². The SMILES string of the molecule is CCOc1cc(/C=C2/C(=O)NC(=O)N(c3ccc(Br)cc3C)C2=O)cc(I)c1O. The number of rotatable bonds is 4. The third-order valence-corrected chi connectivity index (χ3v) is 5.48. The van der Waals surface area contributed by atoms with Gasteiger partial charge in [-0.15, -0.1) is 0 Å². The Kier molecular flexibility index (Phi) is 6.27. The number of barbiturate groups is 1. The summed E-state index contributed by atoms with van der Waals surface area (Å²) in [6, 6.07) is 7.43. The van der Waals surface area contributed by atoms with E-state index in [2.05, 4.69) is 21.2 Å². The van der Waals surface area contributed by atoms with Crippen LogP contribution < -0.4 is 15.0 Å². The Morgan fingerprint density at radius 2 is 1.97 bits per heavy atom. The van der Waals surface area contributed by atoms with Gasteiger partial charge in [-0.2, -0.15) is 0 Å². The summed E-state index contributed by atoms with van der Waals surface area (Å²) in [7, 11) is 0. The highest BCUT2D eigenvalue weighted by atomic mass is 127. The van der Waals surface area contributed by atoms with Crippen molar-refractivity contribution in [3.05, 3.63) is 55.1 Å². The standard InChI is InChI=1S/C20H16BrIN2O5/c1-3-29-16-9-11(8-14(22)17(16)25)7-13-18(26)23-20(28)24(19(13)27)15-5-4-12(21)6-10(15)2/h4-9,25H,3H2,1-2H3,(H,23,26,28)/b13-7-. The molecule has 150 valence electrons. The molecule has 0 atom stereocenters. The van der Waals surface area contributed by atoms with Gasteiger partial charge in [-0.25, -0.2) is 9.69 Å². The molecule has 0 unspecified atom stereocenters. The first kappa shape index (κ1) is 21.3. The minimum absolute atomic E-state index is 0.0173. The third-order valence-electron chi connectivity index (χ3n) is 4.16. The van der Waals surface area contributed by atoms with Crippen LogP contribution in [0.15, 0.2) is 40.4 Å². The largest absolute Gasteiger partial charge is 0.504 e. The highest BCUT2D eigenvalue weighted by molar-refractivity contribution is 14.1. The van der Waals surface area contributed by atoms with Gasteiger partial charge in [0, 0.05) is 4.47 Å². The van der Waals surface area contributed by atoms with Crippen molar-refractivity contribution in [3.63, 3.8) is 0 Å². The lowest BCUT2D eigenvalue weighted by Gasteiger charge is -2.27. The molecule has 0 radical (unpaired) electrons. The second-order valence-corrected chi connectivity index (χ2v) is 8.25. The van der Waals surface area contributed by atoms with E-state index in [9.17, 15) is 19.5 Å². The van der Waals surface area contributed by atoms with E-state index in [-0.39, 0.29) is 17.1 Å². The molecule has 0 saturated carbocycles. The summed E-state index contributed by atoms with van der Waals surface area (Å²) >= 11 is 5.28. The normalized spacial score (nSPS) is 15.7. The molecule has 4 amide bonds. The number of hydrogen-bond acceptors (Lipinski definition) is 5. The zero-order chi connectivity index (χ0) is 21.3. The molecule has 29 heavy (non-hydrogen) atoms. The number of urea groups is 1. The zero-order valence-corrected chi connectivity index (χ0v) is 19.2. The Labute approximate surface area is 189 Å². The van der Waals surface area contributed by atoms with Crippen molar-refractivity contribution in [3.8, 4) is 11.5 Å². The number of hydrogen-bond donors (Lipinski definition) is 2. The lowest BCUT2D eigenvalue weighted by molar-refractivity contribution is -0.122. The smallest absolute Gasteiger partial charge is 0.335 e. The van der Waals surface area contributed by atoms with Gasteiger partial charge in [0.15, 0.2) is 11.5 Å². The molecule has 0 aliphatic carbocycles. The van der Waals surface area contributed by atoms with E-state index in [1.54, 1.807) is 38.1 Å². The van der Waals surface area contributed by atoms with Crippen LogP contribution in [0.2, 0.25) is 0 Å². The molecule has 1 heterocycles. The van der Waals surface area contributed by atoms with Gasteiger partial charge in [0.2, 0.25) is 0 Å². The third kappa shape index (κ3) is 4.30. The van der Waals surface area contributed by atoms with Crippen molar-refractivity contribution >= 4 is 68.1 Å². The maximum atomic E-state index is 13.0. The molecule has 2 aromatic rings. The predicted molar refractivity (Wildman–Crippen MR) is 120 cm³/mol. The molecule has 9 heteroatoms. The minimum atomic E-state index is -0.808. The molecule has 0 bridgehead atoms. The van der Waals surface area contributed by atoms with Gasteiger partial charge in [0.1, 0.15) is 5.57 Å². The van der Waals surface area contributed by atoms with Crippen LogP contribution in [0, 0.1) is 10.5 Å². The first-order chi connectivity index (χ1) is 13.7. The number of phenols is 1. The monoisotopic (exact) mass is 570 g/mol. The lowest BCUT2D eigenvalue weighted by atomic mass is 10.1. The molecule has 7 nitrogen and oxygen atoms in total. The number of ether oxygens (including phenoxy) is 1. The number of imide groups is 2. The molecule has 0 aromatic heterocycles. The van der Waals surface area contributed by atoms with Gasteiger partial charge in [-0.05, 0) is 84.0 Å². The fourth-order valence-electron chi connectivity index (χ4n) is 2.86. The number of nitrogens with one attached hydrogen (secondary N) is 1. The number of carbonyl (C=O) groups excluding carboxylic acids is 3. The summed E-state index contributed by atoms with van der Waals surface area (Å²) in [5, 5.41) is 12.3.